The van der Waals surface area contributed by atoms with Crippen molar-refractivity contribution in [2.75, 3.05) is 5.32 Å². The molecule has 3 aromatic rings. The lowest BCUT2D eigenvalue weighted by Crippen LogP contribution is -2.02. The summed E-state index contributed by atoms with van der Waals surface area (Å²) < 4.78 is 1.93. The summed E-state index contributed by atoms with van der Waals surface area (Å²) in [4.78, 5) is 0. The molecule has 0 aliphatic rings. The van der Waals surface area contributed by atoms with E-state index in [4.69, 9.17) is 0 Å². The van der Waals surface area contributed by atoms with Crippen LogP contribution in [0, 0.1) is 0 Å². The Balaban J connectivity index is 1.65. The first-order chi connectivity index (χ1) is 9.90. The molecule has 0 saturated heterocycles. The van der Waals surface area contributed by atoms with E-state index >= 15 is 0 Å². The molecule has 2 aromatic carbocycles. The summed E-state index contributed by atoms with van der Waals surface area (Å²) in [5.41, 5.74) is 3.66. The van der Waals surface area contributed by atoms with Gasteiger partial charge in [-0.25, -0.2) is 0 Å². The Morgan fingerprint density at radius 3 is 2.55 bits per heavy atom. The normalized spacial score (nSPS) is 10.4. The molecule has 0 saturated carbocycles. The highest BCUT2D eigenvalue weighted by Crippen LogP contribution is 2.13. The SMILES string of the molecule is c1ccc(CNc2cccc(Cn3cccn3)c2)cc1. The average Bonchev–Trinajstić information content (AvgIpc) is 3.00. The van der Waals surface area contributed by atoms with Gasteiger partial charge in [0.15, 0.2) is 0 Å². The molecule has 1 aromatic heterocycles. The van der Waals surface area contributed by atoms with Gasteiger partial charge in [0.2, 0.25) is 0 Å². The van der Waals surface area contributed by atoms with E-state index in [-0.39, 0.29) is 0 Å². The minimum absolute atomic E-state index is 0.799. The van der Waals surface area contributed by atoms with Gasteiger partial charge in [0.05, 0.1) is 6.54 Å². The third-order valence-corrected chi connectivity index (χ3v) is 3.17. The average molecular weight is 263 g/mol. The van der Waals surface area contributed by atoms with Crippen molar-refractivity contribution >= 4 is 5.69 Å². The number of hydrogen-bond acceptors (Lipinski definition) is 2. The number of benzene rings is 2. The third-order valence-electron chi connectivity index (χ3n) is 3.17. The van der Waals surface area contributed by atoms with E-state index in [2.05, 4.69) is 58.9 Å². The Kier molecular flexibility index (Phi) is 3.78. The number of aromatic nitrogens is 2. The molecule has 1 heterocycles. The molecule has 0 amide bonds. The molecule has 100 valence electrons. The van der Waals surface area contributed by atoms with Crippen LogP contribution in [0.15, 0.2) is 73.1 Å². The first-order valence-corrected chi connectivity index (χ1v) is 6.74. The molecule has 3 nitrogen and oxygen atoms in total. The van der Waals surface area contributed by atoms with Crippen LogP contribution in [-0.2, 0) is 13.1 Å². The quantitative estimate of drug-likeness (QED) is 0.763. The van der Waals surface area contributed by atoms with Crippen LogP contribution in [0.25, 0.3) is 0 Å². The van der Waals surface area contributed by atoms with Crippen molar-refractivity contribution in [3.05, 3.63) is 84.2 Å². The number of rotatable bonds is 5. The van der Waals surface area contributed by atoms with Crippen molar-refractivity contribution in [1.82, 2.24) is 9.78 Å². The van der Waals surface area contributed by atoms with Gasteiger partial charge in [0.25, 0.3) is 0 Å². The standard InChI is InChI=1S/C17H17N3/c1-2-6-15(7-3-1)13-18-17-9-4-8-16(12-17)14-20-11-5-10-19-20/h1-12,18H,13-14H2. The van der Waals surface area contributed by atoms with Crippen molar-refractivity contribution in [2.24, 2.45) is 0 Å². The zero-order chi connectivity index (χ0) is 13.6. The van der Waals surface area contributed by atoms with E-state index in [0.29, 0.717) is 0 Å². The lowest BCUT2D eigenvalue weighted by atomic mass is 10.2. The van der Waals surface area contributed by atoms with Crippen molar-refractivity contribution < 1.29 is 0 Å². The maximum Gasteiger partial charge on any atom is 0.0660 e. The number of hydrogen-bond donors (Lipinski definition) is 1. The molecule has 0 spiro atoms. The Hall–Kier alpha value is -2.55. The van der Waals surface area contributed by atoms with E-state index in [0.717, 1.165) is 18.8 Å². The molecule has 0 atom stereocenters. The second-order valence-electron chi connectivity index (χ2n) is 4.74. The van der Waals surface area contributed by atoms with Gasteiger partial charge in [-0.3, -0.25) is 4.68 Å². The highest BCUT2D eigenvalue weighted by Gasteiger charge is 1.98. The summed E-state index contributed by atoms with van der Waals surface area (Å²) in [6.07, 6.45) is 3.78. The van der Waals surface area contributed by atoms with E-state index in [9.17, 15) is 0 Å². The highest BCUT2D eigenvalue weighted by atomic mass is 15.3. The Labute approximate surface area is 118 Å². The molecule has 3 rings (SSSR count). The van der Waals surface area contributed by atoms with E-state index in [1.807, 2.05) is 23.0 Å². The first-order valence-electron chi connectivity index (χ1n) is 6.74. The molecule has 0 unspecified atom stereocenters. The fraction of sp³-hybridized carbons (Fsp3) is 0.118. The fourth-order valence-electron chi connectivity index (χ4n) is 2.16. The molecular formula is C17H17N3. The van der Waals surface area contributed by atoms with Crippen LogP contribution in [0.4, 0.5) is 5.69 Å². The fourth-order valence-corrected chi connectivity index (χ4v) is 2.16. The maximum atomic E-state index is 4.23. The molecule has 0 aliphatic heterocycles. The van der Waals surface area contributed by atoms with Gasteiger partial charge in [0.1, 0.15) is 0 Å². The molecule has 1 N–H and O–H groups in total. The van der Waals surface area contributed by atoms with E-state index in [1.165, 1.54) is 11.1 Å². The summed E-state index contributed by atoms with van der Waals surface area (Å²) in [6, 6.07) is 20.8. The monoisotopic (exact) mass is 263 g/mol. The Morgan fingerprint density at radius 2 is 1.75 bits per heavy atom. The molecule has 3 heteroatoms. The van der Waals surface area contributed by atoms with Crippen LogP contribution in [0.1, 0.15) is 11.1 Å². The zero-order valence-electron chi connectivity index (χ0n) is 11.2. The lowest BCUT2D eigenvalue weighted by Gasteiger charge is -2.09. The molecule has 0 radical (unpaired) electrons. The van der Waals surface area contributed by atoms with E-state index < -0.39 is 0 Å². The van der Waals surface area contributed by atoms with Gasteiger partial charge < -0.3 is 5.32 Å². The van der Waals surface area contributed by atoms with Gasteiger partial charge >= 0.3 is 0 Å². The number of anilines is 1. The predicted octanol–water partition coefficient (Wildman–Crippen LogP) is 3.54. The van der Waals surface area contributed by atoms with E-state index in [1.54, 1.807) is 6.20 Å². The first kappa shape index (κ1) is 12.5. The maximum absolute atomic E-state index is 4.23. The zero-order valence-corrected chi connectivity index (χ0v) is 11.2. The lowest BCUT2D eigenvalue weighted by molar-refractivity contribution is 0.687. The van der Waals surface area contributed by atoms with Crippen LogP contribution in [-0.4, -0.2) is 9.78 Å². The van der Waals surface area contributed by atoms with Gasteiger partial charge in [-0.15, -0.1) is 0 Å². The smallest absolute Gasteiger partial charge is 0.0660 e. The summed E-state index contributed by atoms with van der Waals surface area (Å²) in [5.74, 6) is 0. The molecule has 0 fully saturated rings. The Bertz CT molecular complexity index is 645. The number of nitrogens with one attached hydrogen (secondary N) is 1. The second-order valence-corrected chi connectivity index (χ2v) is 4.74. The van der Waals surface area contributed by atoms with Crippen LogP contribution in [0.2, 0.25) is 0 Å². The van der Waals surface area contributed by atoms with Crippen LogP contribution >= 0.6 is 0 Å². The van der Waals surface area contributed by atoms with Crippen LogP contribution in [0.5, 0.6) is 0 Å². The van der Waals surface area contributed by atoms with Gasteiger partial charge in [0, 0.05) is 24.6 Å². The van der Waals surface area contributed by atoms with Crippen molar-refractivity contribution in [1.29, 1.82) is 0 Å². The topological polar surface area (TPSA) is 29.9 Å². The molecular weight excluding hydrogens is 246 g/mol. The highest BCUT2D eigenvalue weighted by molar-refractivity contribution is 5.46. The van der Waals surface area contributed by atoms with Crippen LogP contribution in [0.3, 0.4) is 0 Å². The van der Waals surface area contributed by atoms with Crippen molar-refractivity contribution in [3.63, 3.8) is 0 Å². The third kappa shape index (κ3) is 3.26. The van der Waals surface area contributed by atoms with Gasteiger partial charge in [-0.1, -0.05) is 42.5 Å². The summed E-state index contributed by atoms with van der Waals surface area (Å²) in [5, 5.41) is 7.68. The minimum Gasteiger partial charge on any atom is -0.381 e. The van der Waals surface area contributed by atoms with Gasteiger partial charge in [-0.05, 0) is 29.3 Å². The van der Waals surface area contributed by atoms with Crippen molar-refractivity contribution in [3.8, 4) is 0 Å². The molecule has 0 bridgehead atoms. The molecule has 0 aliphatic carbocycles. The van der Waals surface area contributed by atoms with Crippen molar-refractivity contribution in [2.45, 2.75) is 13.1 Å². The van der Waals surface area contributed by atoms with Crippen LogP contribution < -0.4 is 5.32 Å². The minimum atomic E-state index is 0.799. The summed E-state index contributed by atoms with van der Waals surface area (Å²) in [6.45, 7) is 1.64. The van der Waals surface area contributed by atoms with Gasteiger partial charge in [-0.2, -0.15) is 5.10 Å². The number of nitrogens with zero attached hydrogens (tertiary/aromatic N) is 2. The summed E-state index contributed by atoms with van der Waals surface area (Å²) in [7, 11) is 0. The predicted molar refractivity (Wildman–Crippen MR) is 81.5 cm³/mol. The second kappa shape index (κ2) is 6.06. The Morgan fingerprint density at radius 1 is 0.900 bits per heavy atom. The largest absolute Gasteiger partial charge is 0.381 e. The summed E-state index contributed by atoms with van der Waals surface area (Å²) >= 11 is 0. The molecule has 20 heavy (non-hydrogen) atoms.